The Hall–Kier alpha value is -2.14. The minimum Gasteiger partial charge on any atom is -0.461 e. The lowest BCUT2D eigenvalue weighted by Crippen LogP contribution is -2.43. The fourth-order valence-corrected chi connectivity index (χ4v) is 1.73. The molecule has 0 aliphatic rings. The molecule has 3 N–H and O–H groups in total. The van der Waals surface area contributed by atoms with Crippen molar-refractivity contribution in [2.45, 2.75) is 0 Å². The van der Waals surface area contributed by atoms with Crippen molar-refractivity contribution in [3.05, 3.63) is 48.0 Å². The molecule has 1 aromatic rings. The molecule has 0 aliphatic carbocycles. The largest absolute Gasteiger partial charge is 0.461 e. The van der Waals surface area contributed by atoms with Gasteiger partial charge >= 0.3 is 0 Å². The number of nitrogens with two attached hydrogens (primary N) is 1. The molecule has 0 saturated heterocycles. The van der Waals surface area contributed by atoms with Crippen LogP contribution in [-0.2, 0) is 4.74 Å². The predicted octanol–water partition coefficient (Wildman–Crippen LogP) is 1.41. The summed E-state index contributed by atoms with van der Waals surface area (Å²) in [4.78, 5) is 12.1. The van der Waals surface area contributed by atoms with Gasteiger partial charge in [-0.1, -0.05) is 30.3 Å². The summed E-state index contributed by atoms with van der Waals surface area (Å²) < 4.78 is 5.37. The monoisotopic (exact) mass is 276 g/mol. The van der Waals surface area contributed by atoms with Crippen LogP contribution in [0.5, 0.6) is 0 Å². The lowest BCUT2D eigenvalue weighted by Gasteiger charge is -2.27. The van der Waals surface area contributed by atoms with E-state index in [0.29, 0.717) is 17.6 Å². The van der Waals surface area contributed by atoms with Crippen LogP contribution in [0.2, 0.25) is 0 Å². The van der Waals surface area contributed by atoms with Crippen LogP contribution in [0.25, 0.3) is 0 Å². The van der Waals surface area contributed by atoms with E-state index in [9.17, 15) is 4.79 Å². The van der Waals surface area contributed by atoms with E-state index in [1.54, 1.807) is 6.08 Å². The van der Waals surface area contributed by atoms with E-state index in [1.807, 2.05) is 50.5 Å². The van der Waals surface area contributed by atoms with Gasteiger partial charge in [-0.15, -0.1) is 0 Å². The molecule has 0 bridgehead atoms. The van der Waals surface area contributed by atoms with Gasteiger partial charge in [0.1, 0.15) is 13.2 Å². The summed E-state index contributed by atoms with van der Waals surface area (Å²) in [7, 11) is 3.99. The van der Waals surface area contributed by atoms with Gasteiger partial charge in [0.2, 0.25) is 5.78 Å². The summed E-state index contributed by atoms with van der Waals surface area (Å²) in [5.74, 6) is 0.129. The van der Waals surface area contributed by atoms with Crippen molar-refractivity contribution in [3.8, 4) is 0 Å². The Morgan fingerprint density at radius 1 is 1.30 bits per heavy atom. The number of nitrogens with one attached hydrogen (secondary N) is 1. The average molecular weight is 276 g/mol. The van der Waals surface area contributed by atoms with Crippen molar-refractivity contribution < 1.29 is 14.0 Å². The Bertz CT molecular complexity index is 481. The Kier molecular flexibility index (Phi) is 5.93. The minimum absolute atomic E-state index is 0.129. The lowest BCUT2D eigenvalue weighted by atomic mass is 10.1. The number of ketones is 1. The van der Waals surface area contributed by atoms with Gasteiger partial charge in [-0.2, -0.15) is 0 Å². The van der Waals surface area contributed by atoms with E-state index >= 15 is 0 Å². The van der Waals surface area contributed by atoms with Crippen molar-refractivity contribution in [1.29, 1.82) is 5.41 Å². The third-order valence-corrected chi connectivity index (χ3v) is 2.77. The summed E-state index contributed by atoms with van der Waals surface area (Å²) in [6.07, 6.45) is 3.73. The molecule has 0 radical (unpaired) electrons. The highest BCUT2D eigenvalue weighted by molar-refractivity contribution is 5.96. The van der Waals surface area contributed by atoms with Gasteiger partial charge in [-0.3, -0.25) is 10.2 Å². The molecule has 0 heterocycles. The molecule has 0 atom stereocenters. The molecule has 0 saturated carbocycles. The van der Waals surface area contributed by atoms with E-state index < -0.39 is 0 Å². The fourth-order valence-electron chi connectivity index (χ4n) is 1.73. The van der Waals surface area contributed by atoms with Crippen LogP contribution in [0.3, 0.4) is 0 Å². The average Bonchev–Trinajstić information content (AvgIpc) is 2.38. The molecule has 5 heteroatoms. The first-order valence-electron chi connectivity index (χ1n) is 6.43. The van der Waals surface area contributed by atoms with Crippen LogP contribution in [0.4, 0.5) is 0 Å². The van der Waals surface area contributed by atoms with E-state index in [-0.39, 0.29) is 18.4 Å². The molecule has 1 rings (SSSR count). The summed E-state index contributed by atoms with van der Waals surface area (Å²) >= 11 is 0. The number of likely N-dealkylation sites (N-methyl/N-ethyl adjacent to an activating group) is 1. The Morgan fingerprint density at radius 2 is 1.95 bits per heavy atom. The highest BCUT2D eigenvalue weighted by Crippen LogP contribution is 2.05. The number of hydrogen-bond acceptors (Lipinski definition) is 3. The van der Waals surface area contributed by atoms with Gasteiger partial charge in [0.25, 0.3) is 6.02 Å². The van der Waals surface area contributed by atoms with Crippen LogP contribution in [0.1, 0.15) is 10.4 Å². The van der Waals surface area contributed by atoms with Crippen molar-refractivity contribution in [2.24, 2.45) is 5.73 Å². The molecule has 5 nitrogen and oxygen atoms in total. The fraction of sp³-hybridized carbons (Fsp3) is 0.333. The zero-order valence-corrected chi connectivity index (χ0v) is 12.0. The number of Topliss-reactive ketones (excluding diaryl/α,β-unsaturated/α-hetero) is 1. The molecular weight excluding hydrogens is 254 g/mol. The first-order chi connectivity index (χ1) is 9.41. The number of hydrogen-bond donors (Lipinski definition) is 2. The number of ether oxygens (including phenoxy) is 1. The molecule has 0 spiro atoms. The van der Waals surface area contributed by atoms with Gasteiger partial charge in [0, 0.05) is 5.56 Å². The van der Waals surface area contributed by atoms with E-state index in [4.69, 9.17) is 15.9 Å². The smallest absolute Gasteiger partial charge is 0.279 e. The van der Waals surface area contributed by atoms with Gasteiger partial charge < -0.3 is 15.0 Å². The number of carbonyl (C=O) groups is 1. The second-order valence-corrected chi connectivity index (χ2v) is 5.21. The van der Waals surface area contributed by atoms with Gasteiger partial charge in [-0.25, -0.2) is 0 Å². The Morgan fingerprint density at radius 3 is 2.55 bits per heavy atom. The molecule has 0 aromatic heterocycles. The molecule has 20 heavy (non-hydrogen) atoms. The number of benzene rings is 1. The second kappa shape index (κ2) is 7.45. The Labute approximate surface area is 119 Å². The maximum Gasteiger partial charge on any atom is 0.279 e. The van der Waals surface area contributed by atoms with E-state index in [1.165, 1.54) is 0 Å². The van der Waals surface area contributed by atoms with Crippen molar-refractivity contribution in [2.75, 3.05) is 33.8 Å². The number of amidine groups is 1. The lowest BCUT2D eigenvalue weighted by molar-refractivity contribution is -0.875. The van der Waals surface area contributed by atoms with Crippen molar-refractivity contribution in [1.82, 2.24) is 0 Å². The van der Waals surface area contributed by atoms with Crippen molar-refractivity contribution >= 4 is 11.8 Å². The quantitative estimate of drug-likeness (QED) is 0.260. The SMILES string of the molecule is C[N+](C)(C/C=C/COC(=N)N)CC(=O)c1ccccc1. The molecule has 1 aromatic carbocycles. The molecule has 0 aliphatic heterocycles. The number of carbonyl (C=O) groups excluding carboxylic acids is 1. The highest BCUT2D eigenvalue weighted by atomic mass is 16.5. The summed E-state index contributed by atoms with van der Waals surface area (Å²) in [6, 6.07) is 9.01. The zero-order chi connectivity index (χ0) is 15.0. The first kappa shape index (κ1) is 15.9. The van der Waals surface area contributed by atoms with Crippen LogP contribution in [0.15, 0.2) is 42.5 Å². The van der Waals surface area contributed by atoms with Gasteiger partial charge in [0.05, 0.1) is 20.6 Å². The van der Waals surface area contributed by atoms with Crippen LogP contribution < -0.4 is 5.73 Å². The predicted molar refractivity (Wildman–Crippen MR) is 79.6 cm³/mol. The van der Waals surface area contributed by atoms with Crippen molar-refractivity contribution in [3.63, 3.8) is 0 Å². The Balaban J connectivity index is 2.45. The summed E-state index contributed by atoms with van der Waals surface area (Å²) in [5.41, 5.74) is 5.81. The molecule has 108 valence electrons. The van der Waals surface area contributed by atoms with Gasteiger partial charge in [0.15, 0.2) is 0 Å². The van der Waals surface area contributed by atoms with Crippen LogP contribution >= 0.6 is 0 Å². The maximum absolute atomic E-state index is 12.1. The minimum atomic E-state index is -0.289. The second-order valence-electron chi connectivity index (χ2n) is 5.21. The number of rotatable bonds is 7. The summed E-state index contributed by atoms with van der Waals surface area (Å²) in [6.45, 7) is 1.42. The topological polar surface area (TPSA) is 76.2 Å². The molecular formula is C15H22N3O2+. The zero-order valence-electron chi connectivity index (χ0n) is 12.0. The molecule has 0 fully saturated rings. The van der Waals surface area contributed by atoms with E-state index in [0.717, 1.165) is 5.56 Å². The summed E-state index contributed by atoms with van der Waals surface area (Å²) in [5, 5.41) is 6.91. The molecule has 0 amide bonds. The standard InChI is InChI=1S/C15H22N3O2/c1-18(2,10-6-7-11-20-15(16)17)12-14(19)13-8-4-3-5-9-13/h3-9H,10-12H2,1-2H3,(H3,16,17)/q+1/b7-6+. The highest BCUT2D eigenvalue weighted by Gasteiger charge is 2.19. The third-order valence-electron chi connectivity index (χ3n) is 2.77. The normalized spacial score (nSPS) is 11.5. The van der Waals surface area contributed by atoms with Crippen LogP contribution in [-0.4, -0.2) is 50.1 Å². The number of nitrogens with zero attached hydrogens (tertiary/aromatic N) is 1. The van der Waals surface area contributed by atoms with E-state index in [2.05, 4.69) is 0 Å². The number of quaternary nitrogens is 1. The van der Waals surface area contributed by atoms with Gasteiger partial charge in [-0.05, 0) is 12.2 Å². The first-order valence-corrected chi connectivity index (χ1v) is 6.43. The molecule has 0 unspecified atom stereocenters. The van der Waals surface area contributed by atoms with Crippen LogP contribution in [0, 0.1) is 5.41 Å². The third kappa shape index (κ3) is 6.15. The maximum atomic E-state index is 12.1.